The molecule has 3 nitrogen and oxygen atoms in total. The van der Waals surface area contributed by atoms with Gasteiger partial charge in [0.1, 0.15) is 0 Å². The van der Waals surface area contributed by atoms with Crippen molar-refractivity contribution in [3.05, 3.63) is 0 Å². The van der Waals surface area contributed by atoms with E-state index in [0.717, 1.165) is 51.1 Å². The van der Waals surface area contributed by atoms with Crippen LogP contribution in [0.2, 0.25) is 0 Å². The third-order valence-corrected chi connectivity index (χ3v) is 4.74. The minimum Gasteiger partial charge on any atom is -0.355 e. The second-order valence-electron chi connectivity index (χ2n) is 5.55. The Kier molecular flexibility index (Phi) is 7.08. The summed E-state index contributed by atoms with van der Waals surface area (Å²) >= 11 is 1.85. The first-order valence-corrected chi connectivity index (χ1v) is 8.52. The first-order valence-electron chi connectivity index (χ1n) is 7.12. The van der Waals surface area contributed by atoms with E-state index in [-0.39, 0.29) is 5.41 Å². The summed E-state index contributed by atoms with van der Waals surface area (Å²) < 4.78 is 0. The number of thioether (sulfide) groups is 1. The quantitative estimate of drug-likeness (QED) is 0.747. The molecule has 0 bridgehead atoms. The molecule has 1 aliphatic heterocycles. The zero-order chi connectivity index (χ0) is 13.4. The molecule has 0 aromatic carbocycles. The Morgan fingerprint density at radius 3 is 2.67 bits per heavy atom. The number of piperidine rings is 1. The van der Waals surface area contributed by atoms with Gasteiger partial charge in [0.25, 0.3) is 0 Å². The summed E-state index contributed by atoms with van der Waals surface area (Å²) in [5.41, 5.74) is -0.0981. The highest BCUT2D eigenvalue weighted by atomic mass is 32.2. The lowest BCUT2D eigenvalue weighted by Crippen LogP contribution is -2.48. The number of amides is 1. The van der Waals surface area contributed by atoms with E-state index in [2.05, 4.69) is 30.7 Å². The fourth-order valence-electron chi connectivity index (χ4n) is 2.77. The maximum atomic E-state index is 12.5. The van der Waals surface area contributed by atoms with Gasteiger partial charge < -0.3 is 10.6 Å². The van der Waals surface area contributed by atoms with Crippen LogP contribution in [0.5, 0.6) is 0 Å². The van der Waals surface area contributed by atoms with Crippen molar-refractivity contribution in [2.24, 2.45) is 11.3 Å². The maximum Gasteiger partial charge on any atom is 0.226 e. The SMILES string of the molecule is CCCC1(C(=O)NCC(C)CSC)CCNCC1. The largest absolute Gasteiger partial charge is 0.355 e. The van der Waals surface area contributed by atoms with E-state index in [9.17, 15) is 4.79 Å². The Balaban J connectivity index is 2.49. The summed E-state index contributed by atoms with van der Waals surface area (Å²) in [5.74, 6) is 1.96. The predicted octanol–water partition coefficient (Wildman–Crippen LogP) is 2.27. The first-order chi connectivity index (χ1) is 8.64. The van der Waals surface area contributed by atoms with Crippen LogP contribution in [-0.2, 0) is 4.79 Å². The van der Waals surface area contributed by atoms with Crippen LogP contribution in [0, 0.1) is 11.3 Å². The molecule has 1 aliphatic rings. The van der Waals surface area contributed by atoms with Gasteiger partial charge in [-0.15, -0.1) is 0 Å². The zero-order valence-corrected chi connectivity index (χ0v) is 12.9. The smallest absolute Gasteiger partial charge is 0.226 e. The van der Waals surface area contributed by atoms with Crippen molar-refractivity contribution in [3.8, 4) is 0 Å². The average molecular weight is 272 g/mol. The van der Waals surface area contributed by atoms with Gasteiger partial charge in [0.2, 0.25) is 5.91 Å². The van der Waals surface area contributed by atoms with Gasteiger partial charge in [0.15, 0.2) is 0 Å². The molecule has 2 N–H and O–H groups in total. The van der Waals surface area contributed by atoms with Gasteiger partial charge in [-0.2, -0.15) is 11.8 Å². The molecule has 1 heterocycles. The van der Waals surface area contributed by atoms with Crippen molar-refractivity contribution >= 4 is 17.7 Å². The van der Waals surface area contributed by atoms with Gasteiger partial charge in [-0.3, -0.25) is 4.79 Å². The van der Waals surface area contributed by atoms with Crippen molar-refractivity contribution in [1.29, 1.82) is 0 Å². The van der Waals surface area contributed by atoms with Gasteiger partial charge in [0.05, 0.1) is 5.41 Å². The summed E-state index contributed by atoms with van der Waals surface area (Å²) in [6.45, 7) is 7.15. The van der Waals surface area contributed by atoms with Crippen LogP contribution >= 0.6 is 11.8 Å². The maximum absolute atomic E-state index is 12.5. The van der Waals surface area contributed by atoms with Crippen molar-refractivity contribution in [2.75, 3.05) is 31.6 Å². The molecule has 0 aromatic rings. The lowest BCUT2D eigenvalue weighted by molar-refractivity contribution is -0.133. The second-order valence-corrected chi connectivity index (χ2v) is 6.46. The van der Waals surface area contributed by atoms with Crippen molar-refractivity contribution in [3.63, 3.8) is 0 Å². The molecule has 0 spiro atoms. The number of carbonyl (C=O) groups excluding carboxylic acids is 1. The van der Waals surface area contributed by atoms with Crippen molar-refractivity contribution in [1.82, 2.24) is 10.6 Å². The molecular weight excluding hydrogens is 244 g/mol. The van der Waals surface area contributed by atoms with Crippen LogP contribution < -0.4 is 10.6 Å². The summed E-state index contributed by atoms with van der Waals surface area (Å²) in [5, 5.41) is 6.54. The summed E-state index contributed by atoms with van der Waals surface area (Å²) in [7, 11) is 0. The van der Waals surface area contributed by atoms with Crippen LogP contribution in [0.15, 0.2) is 0 Å². The summed E-state index contributed by atoms with van der Waals surface area (Å²) in [4.78, 5) is 12.5. The topological polar surface area (TPSA) is 41.1 Å². The Morgan fingerprint density at radius 2 is 2.11 bits per heavy atom. The van der Waals surface area contributed by atoms with E-state index in [1.54, 1.807) is 0 Å². The van der Waals surface area contributed by atoms with Crippen LogP contribution in [0.4, 0.5) is 0 Å². The normalized spacial score (nSPS) is 20.4. The molecule has 1 unspecified atom stereocenters. The van der Waals surface area contributed by atoms with E-state index in [4.69, 9.17) is 0 Å². The van der Waals surface area contributed by atoms with E-state index >= 15 is 0 Å². The molecule has 1 amide bonds. The molecule has 0 aliphatic carbocycles. The first kappa shape index (κ1) is 15.8. The van der Waals surface area contributed by atoms with Crippen LogP contribution in [0.3, 0.4) is 0 Å². The molecule has 1 fully saturated rings. The Hall–Kier alpha value is -0.220. The fraction of sp³-hybridized carbons (Fsp3) is 0.929. The molecule has 1 saturated heterocycles. The highest BCUT2D eigenvalue weighted by Crippen LogP contribution is 2.34. The molecular formula is C14H28N2OS. The minimum absolute atomic E-state index is 0.0981. The third-order valence-electron chi connectivity index (χ3n) is 3.83. The molecule has 0 aromatic heterocycles. The van der Waals surface area contributed by atoms with Crippen LogP contribution in [0.1, 0.15) is 39.5 Å². The third kappa shape index (κ3) is 4.47. The molecule has 0 saturated carbocycles. The van der Waals surface area contributed by atoms with Gasteiger partial charge in [-0.1, -0.05) is 20.3 Å². The van der Waals surface area contributed by atoms with E-state index in [0.29, 0.717) is 11.8 Å². The standard InChI is InChI=1S/C14H28N2OS/c1-4-5-14(6-8-15-9-7-14)13(17)16-10-12(2)11-18-3/h12,15H,4-11H2,1-3H3,(H,16,17). The number of nitrogens with one attached hydrogen (secondary N) is 2. The molecule has 1 atom stereocenters. The monoisotopic (exact) mass is 272 g/mol. The lowest BCUT2D eigenvalue weighted by Gasteiger charge is -2.36. The van der Waals surface area contributed by atoms with E-state index in [1.165, 1.54) is 0 Å². The van der Waals surface area contributed by atoms with Crippen molar-refractivity contribution in [2.45, 2.75) is 39.5 Å². The molecule has 4 heteroatoms. The van der Waals surface area contributed by atoms with Gasteiger partial charge >= 0.3 is 0 Å². The number of rotatable bonds is 7. The summed E-state index contributed by atoms with van der Waals surface area (Å²) in [6, 6.07) is 0. The number of hydrogen-bond acceptors (Lipinski definition) is 3. The minimum atomic E-state index is -0.0981. The molecule has 1 rings (SSSR count). The molecule has 106 valence electrons. The predicted molar refractivity (Wildman–Crippen MR) is 80.0 cm³/mol. The van der Waals surface area contributed by atoms with Gasteiger partial charge in [-0.25, -0.2) is 0 Å². The average Bonchev–Trinajstić information content (AvgIpc) is 2.38. The highest BCUT2D eigenvalue weighted by molar-refractivity contribution is 7.98. The van der Waals surface area contributed by atoms with E-state index < -0.39 is 0 Å². The summed E-state index contributed by atoms with van der Waals surface area (Å²) in [6.07, 6.45) is 6.21. The Morgan fingerprint density at radius 1 is 1.44 bits per heavy atom. The van der Waals surface area contributed by atoms with E-state index in [1.807, 2.05) is 11.8 Å². The zero-order valence-electron chi connectivity index (χ0n) is 12.1. The van der Waals surface area contributed by atoms with Gasteiger partial charge in [0, 0.05) is 6.54 Å². The second kappa shape index (κ2) is 8.05. The molecule has 0 radical (unpaired) electrons. The Labute approximate surface area is 116 Å². The van der Waals surface area contributed by atoms with Crippen LogP contribution in [-0.4, -0.2) is 37.6 Å². The molecule has 18 heavy (non-hydrogen) atoms. The highest BCUT2D eigenvalue weighted by Gasteiger charge is 2.38. The lowest BCUT2D eigenvalue weighted by atomic mass is 9.74. The number of hydrogen-bond donors (Lipinski definition) is 2. The van der Waals surface area contributed by atoms with Gasteiger partial charge in [-0.05, 0) is 50.3 Å². The Bertz CT molecular complexity index is 247. The van der Waals surface area contributed by atoms with Crippen molar-refractivity contribution < 1.29 is 4.79 Å². The van der Waals surface area contributed by atoms with Crippen LogP contribution in [0.25, 0.3) is 0 Å². The number of carbonyl (C=O) groups is 1. The fourth-order valence-corrected chi connectivity index (χ4v) is 3.46.